The van der Waals surface area contributed by atoms with Gasteiger partial charge in [-0.15, -0.1) is 10.2 Å². The molecule has 0 radical (unpaired) electrons. The Kier molecular flexibility index (Phi) is 9.39. The van der Waals surface area contributed by atoms with Crippen molar-refractivity contribution in [2.45, 2.75) is 76.3 Å². The number of amides is 4. The second-order valence-electron chi connectivity index (χ2n) is 12.1. The smallest absolute Gasteiger partial charge is 0.410 e. The van der Waals surface area contributed by atoms with Crippen LogP contribution in [-0.4, -0.2) is 87.4 Å². The van der Waals surface area contributed by atoms with E-state index in [1.807, 2.05) is 30.3 Å². The number of rotatable bonds is 8. The minimum atomic E-state index is -0.337. The number of imide groups is 1. The summed E-state index contributed by atoms with van der Waals surface area (Å²) in [6.07, 6.45) is 6.15. The molecule has 44 heavy (non-hydrogen) atoms. The van der Waals surface area contributed by atoms with E-state index in [1.165, 1.54) is 0 Å². The van der Waals surface area contributed by atoms with Crippen LogP contribution in [0.1, 0.15) is 64.2 Å². The van der Waals surface area contributed by atoms with Crippen LogP contribution in [0.3, 0.4) is 0 Å². The average Bonchev–Trinajstić information content (AvgIpc) is 3.67. The van der Waals surface area contributed by atoms with Gasteiger partial charge < -0.3 is 19.3 Å². The second kappa shape index (κ2) is 13.6. The largest absolute Gasteiger partial charge is 0.448 e. The molecule has 0 atom stereocenters. The molecule has 1 aromatic heterocycles. The zero-order valence-corrected chi connectivity index (χ0v) is 26.2. The number of carbonyl (C=O) groups excluding carboxylic acids is 4. The maximum absolute atomic E-state index is 13.9. The molecule has 4 fully saturated rings. The van der Waals surface area contributed by atoms with Crippen LogP contribution in [-0.2, 0) is 19.1 Å². The predicted octanol–water partition coefficient (Wildman–Crippen LogP) is 4.96. The van der Waals surface area contributed by atoms with Crippen LogP contribution in [0.4, 0.5) is 15.5 Å². The fourth-order valence-electron chi connectivity index (χ4n) is 7.01. The Morgan fingerprint density at radius 2 is 1.27 bits per heavy atom. The van der Waals surface area contributed by atoms with Crippen LogP contribution in [0.5, 0.6) is 0 Å². The van der Waals surface area contributed by atoms with Gasteiger partial charge in [0.2, 0.25) is 11.8 Å². The Morgan fingerprint density at radius 1 is 0.773 bits per heavy atom. The highest BCUT2D eigenvalue weighted by Gasteiger charge is 2.37. The molecule has 0 N–H and O–H groups in total. The van der Waals surface area contributed by atoms with Gasteiger partial charge in [0, 0.05) is 30.5 Å². The number of nitrogens with zero attached hydrogens (tertiary/aromatic N) is 6. The lowest BCUT2D eigenvalue weighted by molar-refractivity contribution is -0.128. The van der Waals surface area contributed by atoms with E-state index in [0.29, 0.717) is 36.6 Å². The van der Waals surface area contributed by atoms with Gasteiger partial charge in [-0.1, -0.05) is 30.3 Å². The van der Waals surface area contributed by atoms with E-state index in [0.717, 1.165) is 61.8 Å². The highest BCUT2D eigenvalue weighted by molar-refractivity contribution is 9.10. The molecule has 2 aliphatic heterocycles. The van der Waals surface area contributed by atoms with Crippen LogP contribution in [0, 0.1) is 11.8 Å². The molecule has 4 amide bonds. The lowest BCUT2D eigenvalue weighted by atomic mass is 9.82. The monoisotopic (exact) mass is 668 g/mol. The van der Waals surface area contributed by atoms with E-state index in [1.54, 1.807) is 9.80 Å². The summed E-state index contributed by atoms with van der Waals surface area (Å²) in [5.41, 5.74) is 1.28. The van der Waals surface area contributed by atoms with Crippen LogP contribution < -0.4 is 4.90 Å². The average molecular weight is 670 g/mol. The van der Waals surface area contributed by atoms with Crippen molar-refractivity contribution in [2.24, 2.45) is 11.8 Å². The predicted molar refractivity (Wildman–Crippen MR) is 162 cm³/mol. The summed E-state index contributed by atoms with van der Waals surface area (Å²) >= 11 is 3.43. The summed E-state index contributed by atoms with van der Waals surface area (Å²) < 4.78 is 10.6. The highest BCUT2D eigenvalue weighted by Crippen LogP contribution is 2.34. The molecule has 0 bridgehead atoms. The number of carbonyl (C=O) groups is 4. The molecule has 2 saturated carbocycles. The third-order valence-electron chi connectivity index (χ3n) is 9.41. The van der Waals surface area contributed by atoms with Crippen LogP contribution in [0.15, 0.2) is 34.9 Å². The van der Waals surface area contributed by atoms with E-state index in [9.17, 15) is 19.2 Å². The number of ether oxygens (including phenoxy) is 2. The SMILES string of the molecule is O=C(CC1CCC(N2CCOC2=O)CC1)N(C(=O)CC1CCC(N2CCOC2=O)CC1)c1nnc(Br)c(-c2ccccc2)n1. The Bertz CT molecular complexity index is 1320. The normalized spacial score (nSPS) is 25.5. The summed E-state index contributed by atoms with van der Waals surface area (Å²) in [5.74, 6) is -0.531. The Morgan fingerprint density at radius 3 is 1.73 bits per heavy atom. The van der Waals surface area contributed by atoms with Crippen molar-refractivity contribution < 1.29 is 28.7 Å². The Balaban J connectivity index is 1.16. The maximum atomic E-state index is 13.9. The first-order valence-corrected chi connectivity index (χ1v) is 16.3. The van der Waals surface area contributed by atoms with E-state index in [4.69, 9.17) is 9.47 Å². The number of benzene rings is 1. The fraction of sp³-hybridized carbons (Fsp3) is 0.581. The van der Waals surface area contributed by atoms with E-state index >= 15 is 0 Å². The minimum Gasteiger partial charge on any atom is -0.448 e. The molecule has 2 aromatic rings. The van der Waals surface area contributed by atoms with Gasteiger partial charge in [-0.3, -0.25) is 9.59 Å². The fourth-order valence-corrected chi connectivity index (χ4v) is 7.41. The van der Waals surface area contributed by atoms with Crippen molar-refractivity contribution in [3.8, 4) is 11.3 Å². The van der Waals surface area contributed by atoms with Crippen LogP contribution in [0.2, 0.25) is 0 Å². The lowest BCUT2D eigenvalue weighted by Crippen LogP contribution is -2.43. The molecule has 0 unspecified atom stereocenters. The number of hydrogen-bond acceptors (Lipinski definition) is 9. The zero-order valence-electron chi connectivity index (χ0n) is 24.6. The molecular formula is C31H37BrN6O6. The second-order valence-corrected chi connectivity index (χ2v) is 12.9. The first-order valence-electron chi connectivity index (χ1n) is 15.6. The van der Waals surface area contributed by atoms with Gasteiger partial charge in [-0.05, 0) is 79.1 Å². The van der Waals surface area contributed by atoms with Gasteiger partial charge in [0.1, 0.15) is 18.9 Å². The lowest BCUT2D eigenvalue weighted by Gasteiger charge is -2.34. The highest BCUT2D eigenvalue weighted by atomic mass is 79.9. The minimum absolute atomic E-state index is 0.0240. The van der Waals surface area contributed by atoms with E-state index < -0.39 is 0 Å². The quantitative estimate of drug-likeness (QED) is 0.382. The Hall–Kier alpha value is -3.61. The third-order valence-corrected chi connectivity index (χ3v) is 9.94. The van der Waals surface area contributed by atoms with Gasteiger partial charge in [-0.2, -0.15) is 0 Å². The summed E-state index contributed by atoms with van der Waals surface area (Å²) in [5, 5.41) is 8.42. The summed E-state index contributed by atoms with van der Waals surface area (Å²) in [7, 11) is 0. The van der Waals surface area contributed by atoms with Crippen molar-refractivity contribution in [3.63, 3.8) is 0 Å². The number of aromatic nitrogens is 3. The molecule has 234 valence electrons. The van der Waals surface area contributed by atoms with Crippen molar-refractivity contribution in [2.75, 3.05) is 31.2 Å². The zero-order chi connectivity index (χ0) is 30.6. The molecule has 4 aliphatic rings. The van der Waals surface area contributed by atoms with Gasteiger partial charge in [0.25, 0.3) is 5.95 Å². The molecular weight excluding hydrogens is 632 g/mol. The molecule has 2 saturated heterocycles. The molecule has 1 aromatic carbocycles. The molecule has 0 spiro atoms. The van der Waals surface area contributed by atoms with Crippen LogP contribution >= 0.6 is 15.9 Å². The summed E-state index contributed by atoms with van der Waals surface area (Å²) in [6.45, 7) is 2.06. The van der Waals surface area contributed by atoms with Gasteiger partial charge in [0.15, 0.2) is 4.60 Å². The first-order chi connectivity index (χ1) is 21.4. The number of hydrogen-bond donors (Lipinski definition) is 0. The van der Waals surface area contributed by atoms with Gasteiger partial charge >= 0.3 is 12.2 Å². The van der Waals surface area contributed by atoms with Crippen molar-refractivity contribution in [3.05, 3.63) is 34.9 Å². The standard InChI is InChI=1S/C31H37BrN6O6/c32-28-27(22-4-2-1-3-5-22)33-29(35-34-28)38(25(39)18-20-6-10-23(11-7-20)36-14-16-43-30(36)41)26(40)19-21-8-12-24(13-9-21)37-15-17-44-31(37)42/h1-5,20-21,23-24H,6-19H2. The number of cyclic esters (lactones) is 2. The molecule has 2 aliphatic carbocycles. The van der Waals surface area contributed by atoms with Gasteiger partial charge in [0.05, 0.1) is 13.1 Å². The van der Waals surface area contributed by atoms with E-state index in [2.05, 4.69) is 31.1 Å². The van der Waals surface area contributed by atoms with Crippen molar-refractivity contribution in [1.29, 1.82) is 0 Å². The van der Waals surface area contributed by atoms with Crippen molar-refractivity contribution in [1.82, 2.24) is 25.0 Å². The molecule has 13 heteroatoms. The van der Waals surface area contributed by atoms with Crippen molar-refractivity contribution >= 4 is 45.9 Å². The third kappa shape index (κ3) is 6.72. The molecule has 6 rings (SSSR count). The van der Waals surface area contributed by atoms with Gasteiger partial charge in [-0.25, -0.2) is 19.5 Å². The molecule has 12 nitrogen and oxygen atoms in total. The first kappa shape index (κ1) is 30.4. The summed E-state index contributed by atoms with van der Waals surface area (Å²) in [4.78, 5) is 61.3. The number of halogens is 1. The topological polar surface area (TPSA) is 135 Å². The summed E-state index contributed by atoms with van der Waals surface area (Å²) in [6, 6.07) is 9.68. The molecule has 3 heterocycles. The van der Waals surface area contributed by atoms with Crippen LogP contribution in [0.25, 0.3) is 11.3 Å². The van der Waals surface area contributed by atoms with E-state index in [-0.39, 0.29) is 66.7 Å². The maximum Gasteiger partial charge on any atom is 0.410 e. The number of anilines is 1. The Labute approximate surface area is 264 Å².